The van der Waals surface area contributed by atoms with E-state index in [0.717, 1.165) is 16.8 Å². The average Bonchev–Trinajstić information content (AvgIpc) is 2.38. The number of aliphatic hydroxyl groups excluding tert-OH is 1. The van der Waals surface area contributed by atoms with Crippen molar-refractivity contribution in [2.24, 2.45) is 0 Å². The van der Waals surface area contributed by atoms with Crippen LogP contribution in [0.1, 0.15) is 17.2 Å². The van der Waals surface area contributed by atoms with Gasteiger partial charge in [0.25, 0.3) is 0 Å². The predicted molar refractivity (Wildman–Crippen MR) is 71.0 cm³/mol. The van der Waals surface area contributed by atoms with E-state index in [1.807, 2.05) is 31.2 Å². The van der Waals surface area contributed by atoms with Crippen LogP contribution in [-0.2, 0) is 0 Å². The molecule has 0 fully saturated rings. The number of hydrogen-bond donors (Lipinski definition) is 2. The maximum Gasteiger partial charge on any atom is 0.123 e. The van der Waals surface area contributed by atoms with Gasteiger partial charge in [0, 0.05) is 12.2 Å². The molecule has 1 unspecified atom stereocenters. The van der Waals surface area contributed by atoms with Crippen LogP contribution in [0.2, 0.25) is 0 Å². The molecule has 18 heavy (non-hydrogen) atoms. The van der Waals surface area contributed by atoms with Crippen LogP contribution in [-0.4, -0.2) is 11.7 Å². The highest BCUT2D eigenvalue weighted by atomic mass is 19.1. The summed E-state index contributed by atoms with van der Waals surface area (Å²) in [5, 5.41) is 13.1. The molecule has 0 heterocycles. The number of nitrogens with one attached hydrogen (secondary N) is 1. The van der Waals surface area contributed by atoms with Gasteiger partial charge in [-0.05, 0) is 36.8 Å². The lowest BCUT2D eigenvalue weighted by molar-refractivity contribution is 0.191. The molecule has 0 saturated heterocycles. The second-order valence-corrected chi connectivity index (χ2v) is 4.32. The van der Waals surface area contributed by atoms with E-state index in [9.17, 15) is 9.50 Å². The molecule has 3 heteroatoms. The maximum absolute atomic E-state index is 12.7. The van der Waals surface area contributed by atoms with Gasteiger partial charge in [-0.2, -0.15) is 0 Å². The van der Waals surface area contributed by atoms with Gasteiger partial charge in [0.15, 0.2) is 0 Å². The molecular weight excluding hydrogens is 229 g/mol. The molecule has 2 aromatic rings. The van der Waals surface area contributed by atoms with E-state index in [1.165, 1.54) is 12.1 Å². The minimum Gasteiger partial charge on any atom is -0.387 e. The van der Waals surface area contributed by atoms with Crippen LogP contribution < -0.4 is 5.32 Å². The molecule has 2 rings (SSSR count). The van der Waals surface area contributed by atoms with Crippen LogP contribution in [0.5, 0.6) is 0 Å². The van der Waals surface area contributed by atoms with Crippen LogP contribution in [0.4, 0.5) is 10.1 Å². The fourth-order valence-electron chi connectivity index (χ4n) is 1.78. The zero-order chi connectivity index (χ0) is 13.0. The van der Waals surface area contributed by atoms with Gasteiger partial charge in [0.05, 0.1) is 6.10 Å². The fourth-order valence-corrected chi connectivity index (χ4v) is 1.78. The zero-order valence-electron chi connectivity index (χ0n) is 10.2. The highest BCUT2D eigenvalue weighted by Gasteiger charge is 2.07. The fraction of sp³-hybridized carbons (Fsp3) is 0.200. The third-order valence-electron chi connectivity index (χ3n) is 2.77. The largest absolute Gasteiger partial charge is 0.387 e. The van der Waals surface area contributed by atoms with E-state index in [4.69, 9.17) is 0 Å². The van der Waals surface area contributed by atoms with E-state index in [1.54, 1.807) is 12.1 Å². The summed E-state index contributed by atoms with van der Waals surface area (Å²) in [6, 6.07) is 13.8. The Labute approximate surface area is 106 Å². The molecule has 0 saturated carbocycles. The number of hydrogen-bond acceptors (Lipinski definition) is 2. The van der Waals surface area contributed by atoms with E-state index < -0.39 is 6.10 Å². The topological polar surface area (TPSA) is 32.3 Å². The maximum atomic E-state index is 12.7. The first-order valence-corrected chi connectivity index (χ1v) is 5.89. The van der Waals surface area contributed by atoms with Crippen molar-refractivity contribution in [3.8, 4) is 0 Å². The van der Waals surface area contributed by atoms with Crippen LogP contribution >= 0.6 is 0 Å². The second kappa shape index (κ2) is 5.65. The van der Waals surface area contributed by atoms with Gasteiger partial charge in [0.1, 0.15) is 5.82 Å². The first kappa shape index (κ1) is 12.6. The molecule has 2 nitrogen and oxygen atoms in total. The number of anilines is 1. The summed E-state index contributed by atoms with van der Waals surface area (Å²) in [4.78, 5) is 0. The van der Waals surface area contributed by atoms with Gasteiger partial charge in [-0.3, -0.25) is 0 Å². The summed E-state index contributed by atoms with van der Waals surface area (Å²) < 4.78 is 12.7. The molecule has 0 aliphatic heterocycles. The molecule has 0 aliphatic carbocycles. The third kappa shape index (κ3) is 3.31. The highest BCUT2D eigenvalue weighted by molar-refractivity contribution is 5.43. The van der Waals surface area contributed by atoms with Crippen LogP contribution in [0, 0.1) is 12.7 Å². The molecule has 2 aromatic carbocycles. The van der Waals surface area contributed by atoms with Crippen molar-refractivity contribution in [1.82, 2.24) is 0 Å². The van der Waals surface area contributed by atoms with Gasteiger partial charge >= 0.3 is 0 Å². The SMILES string of the molecule is Cc1cccc(C(O)CNc2ccc(F)cc2)c1. The Morgan fingerprint density at radius 1 is 1.17 bits per heavy atom. The summed E-state index contributed by atoms with van der Waals surface area (Å²) in [5.41, 5.74) is 2.79. The number of rotatable bonds is 4. The van der Waals surface area contributed by atoms with Crippen molar-refractivity contribution in [3.63, 3.8) is 0 Å². The van der Waals surface area contributed by atoms with Crippen LogP contribution in [0.25, 0.3) is 0 Å². The molecule has 0 aromatic heterocycles. The molecule has 0 spiro atoms. The van der Waals surface area contributed by atoms with E-state index in [2.05, 4.69) is 5.32 Å². The summed E-state index contributed by atoms with van der Waals surface area (Å²) >= 11 is 0. The number of halogens is 1. The van der Waals surface area contributed by atoms with E-state index >= 15 is 0 Å². The Bertz CT molecular complexity index is 510. The quantitative estimate of drug-likeness (QED) is 0.866. The Kier molecular flexibility index (Phi) is 3.95. The Morgan fingerprint density at radius 2 is 1.89 bits per heavy atom. The Hall–Kier alpha value is -1.87. The molecule has 0 bridgehead atoms. The highest BCUT2D eigenvalue weighted by Crippen LogP contribution is 2.16. The first-order valence-electron chi connectivity index (χ1n) is 5.89. The van der Waals surface area contributed by atoms with Crippen LogP contribution in [0.3, 0.4) is 0 Å². The van der Waals surface area contributed by atoms with Gasteiger partial charge in [-0.1, -0.05) is 29.8 Å². The summed E-state index contributed by atoms with van der Waals surface area (Å²) in [6.45, 7) is 2.39. The lowest BCUT2D eigenvalue weighted by Gasteiger charge is -2.13. The molecule has 2 N–H and O–H groups in total. The standard InChI is InChI=1S/C15H16FNO/c1-11-3-2-4-12(9-11)15(18)10-17-14-7-5-13(16)6-8-14/h2-9,15,17-18H,10H2,1H3. The third-order valence-corrected chi connectivity index (χ3v) is 2.77. The molecule has 94 valence electrons. The number of benzene rings is 2. The van der Waals surface area contributed by atoms with Gasteiger partial charge in [0.2, 0.25) is 0 Å². The van der Waals surface area contributed by atoms with Crippen molar-refractivity contribution in [2.75, 3.05) is 11.9 Å². The van der Waals surface area contributed by atoms with Crippen LogP contribution in [0.15, 0.2) is 48.5 Å². The predicted octanol–water partition coefficient (Wildman–Crippen LogP) is 3.28. The molecule has 0 amide bonds. The van der Waals surface area contributed by atoms with E-state index in [-0.39, 0.29) is 5.82 Å². The van der Waals surface area contributed by atoms with Crippen molar-refractivity contribution in [3.05, 3.63) is 65.5 Å². The normalized spacial score (nSPS) is 12.2. The van der Waals surface area contributed by atoms with Crippen molar-refractivity contribution < 1.29 is 9.50 Å². The van der Waals surface area contributed by atoms with E-state index in [0.29, 0.717) is 6.54 Å². The van der Waals surface area contributed by atoms with Gasteiger partial charge in [-0.15, -0.1) is 0 Å². The molecule has 1 atom stereocenters. The smallest absolute Gasteiger partial charge is 0.123 e. The Balaban J connectivity index is 1.96. The number of aliphatic hydroxyl groups is 1. The lowest BCUT2D eigenvalue weighted by Crippen LogP contribution is -2.12. The van der Waals surface area contributed by atoms with Crippen molar-refractivity contribution >= 4 is 5.69 Å². The summed E-state index contributed by atoms with van der Waals surface area (Å²) in [7, 11) is 0. The minimum absolute atomic E-state index is 0.264. The molecule has 0 aliphatic rings. The summed E-state index contributed by atoms with van der Waals surface area (Å²) in [6.07, 6.45) is -0.574. The zero-order valence-corrected chi connectivity index (χ0v) is 10.2. The second-order valence-electron chi connectivity index (χ2n) is 4.32. The van der Waals surface area contributed by atoms with Gasteiger partial charge in [-0.25, -0.2) is 4.39 Å². The lowest BCUT2D eigenvalue weighted by atomic mass is 10.1. The van der Waals surface area contributed by atoms with Crippen molar-refractivity contribution in [1.29, 1.82) is 0 Å². The molecule has 0 radical (unpaired) electrons. The first-order chi connectivity index (χ1) is 8.65. The minimum atomic E-state index is -0.574. The van der Waals surface area contributed by atoms with Crippen molar-refractivity contribution in [2.45, 2.75) is 13.0 Å². The van der Waals surface area contributed by atoms with Gasteiger partial charge < -0.3 is 10.4 Å². The molecular formula is C15H16FNO. The Morgan fingerprint density at radius 3 is 2.56 bits per heavy atom. The average molecular weight is 245 g/mol. The monoisotopic (exact) mass is 245 g/mol. The summed E-state index contributed by atoms with van der Waals surface area (Å²) in [5.74, 6) is -0.264. The number of aryl methyl sites for hydroxylation is 1.